The average molecular weight is 344 g/mol. The van der Waals surface area contributed by atoms with E-state index in [0.29, 0.717) is 12.1 Å². The minimum atomic E-state index is 0.393. The van der Waals surface area contributed by atoms with Crippen LogP contribution in [0.5, 0.6) is 0 Å². The van der Waals surface area contributed by atoms with Gasteiger partial charge in [-0.1, -0.05) is 64.0 Å². The summed E-state index contributed by atoms with van der Waals surface area (Å²) in [5, 5.41) is 3.75. The third-order valence-electron chi connectivity index (χ3n) is 4.54. The van der Waals surface area contributed by atoms with E-state index in [9.17, 15) is 0 Å². The van der Waals surface area contributed by atoms with Crippen molar-refractivity contribution in [1.29, 1.82) is 0 Å². The molecule has 0 spiro atoms. The standard InChI is InChI=1S/C19H22BrN/c1-13-7-9-15(10-8-13)16-11-17(12-16)21-14(2)18-5-3-4-6-19(18)20/h3-10,14,16-17,21H,11-12H2,1-2H3. The molecule has 110 valence electrons. The Hall–Kier alpha value is -1.12. The van der Waals surface area contributed by atoms with E-state index in [1.807, 2.05) is 0 Å². The van der Waals surface area contributed by atoms with Gasteiger partial charge < -0.3 is 5.32 Å². The molecule has 1 unspecified atom stereocenters. The second-order valence-corrected chi connectivity index (χ2v) is 7.04. The molecule has 0 aromatic heterocycles. The van der Waals surface area contributed by atoms with Gasteiger partial charge in [-0.05, 0) is 49.8 Å². The molecule has 1 nitrogen and oxygen atoms in total. The van der Waals surface area contributed by atoms with E-state index in [1.54, 1.807) is 0 Å². The molecule has 2 heteroatoms. The van der Waals surface area contributed by atoms with Gasteiger partial charge in [0.2, 0.25) is 0 Å². The van der Waals surface area contributed by atoms with E-state index in [1.165, 1.54) is 34.0 Å². The van der Waals surface area contributed by atoms with Gasteiger partial charge in [0, 0.05) is 16.6 Å². The molecule has 0 bridgehead atoms. The molecule has 2 aromatic rings. The highest BCUT2D eigenvalue weighted by Gasteiger charge is 2.31. The Kier molecular flexibility index (Phi) is 4.46. The van der Waals surface area contributed by atoms with Gasteiger partial charge in [-0.25, -0.2) is 0 Å². The summed E-state index contributed by atoms with van der Waals surface area (Å²) in [7, 11) is 0. The van der Waals surface area contributed by atoms with E-state index in [2.05, 4.69) is 83.6 Å². The lowest BCUT2D eigenvalue weighted by molar-refractivity contribution is 0.270. The highest BCUT2D eigenvalue weighted by molar-refractivity contribution is 9.10. The molecule has 3 rings (SSSR count). The Balaban J connectivity index is 1.55. The Labute approximate surface area is 135 Å². The summed E-state index contributed by atoms with van der Waals surface area (Å²) in [6, 6.07) is 18.5. The largest absolute Gasteiger partial charge is 0.307 e. The summed E-state index contributed by atoms with van der Waals surface area (Å²) in [4.78, 5) is 0. The molecule has 2 aromatic carbocycles. The zero-order valence-corrected chi connectivity index (χ0v) is 14.2. The third-order valence-corrected chi connectivity index (χ3v) is 5.27. The van der Waals surface area contributed by atoms with Crippen molar-refractivity contribution in [2.75, 3.05) is 0 Å². The molecule has 1 aliphatic carbocycles. The molecule has 0 saturated heterocycles. The van der Waals surface area contributed by atoms with Crippen molar-refractivity contribution in [3.05, 3.63) is 69.7 Å². The number of benzene rings is 2. The predicted octanol–water partition coefficient (Wildman–Crippen LogP) is 5.35. The van der Waals surface area contributed by atoms with Gasteiger partial charge in [0.05, 0.1) is 0 Å². The summed E-state index contributed by atoms with van der Waals surface area (Å²) >= 11 is 3.64. The number of hydrogen-bond donors (Lipinski definition) is 1. The van der Waals surface area contributed by atoms with Crippen LogP contribution in [0.4, 0.5) is 0 Å². The fourth-order valence-electron chi connectivity index (χ4n) is 3.13. The average Bonchev–Trinajstić information content (AvgIpc) is 2.44. The minimum absolute atomic E-state index is 0.393. The van der Waals surface area contributed by atoms with Gasteiger partial charge in [-0.2, -0.15) is 0 Å². The number of rotatable bonds is 4. The van der Waals surface area contributed by atoms with Crippen molar-refractivity contribution in [2.24, 2.45) is 0 Å². The molecule has 1 aliphatic rings. The van der Waals surface area contributed by atoms with E-state index in [0.717, 1.165) is 5.92 Å². The van der Waals surface area contributed by atoms with Crippen LogP contribution in [-0.2, 0) is 0 Å². The summed E-state index contributed by atoms with van der Waals surface area (Å²) in [5.74, 6) is 0.731. The zero-order chi connectivity index (χ0) is 14.8. The van der Waals surface area contributed by atoms with Crippen LogP contribution in [-0.4, -0.2) is 6.04 Å². The molecular formula is C19H22BrN. The summed E-state index contributed by atoms with van der Waals surface area (Å²) in [6.07, 6.45) is 2.50. The van der Waals surface area contributed by atoms with Crippen LogP contribution in [0.1, 0.15) is 48.4 Å². The Morgan fingerprint density at radius 1 is 1.05 bits per heavy atom. The smallest absolute Gasteiger partial charge is 0.0305 e. The van der Waals surface area contributed by atoms with E-state index >= 15 is 0 Å². The van der Waals surface area contributed by atoms with Crippen LogP contribution in [0.3, 0.4) is 0 Å². The van der Waals surface area contributed by atoms with Crippen molar-refractivity contribution in [2.45, 2.75) is 44.7 Å². The highest BCUT2D eigenvalue weighted by Crippen LogP contribution is 2.38. The van der Waals surface area contributed by atoms with Crippen molar-refractivity contribution in [1.82, 2.24) is 5.32 Å². The lowest BCUT2D eigenvalue weighted by Gasteiger charge is -2.38. The van der Waals surface area contributed by atoms with Crippen LogP contribution in [0.15, 0.2) is 53.0 Å². The van der Waals surface area contributed by atoms with Crippen LogP contribution < -0.4 is 5.32 Å². The molecule has 1 fully saturated rings. The Morgan fingerprint density at radius 3 is 2.38 bits per heavy atom. The molecule has 1 saturated carbocycles. The molecule has 21 heavy (non-hydrogen) atoms. The summed E-state index contributed by atoms with van der Waals surface area (Å²) < 4.78 is 1.19. The van der Waals surface area contributed by atoms with Gasteiger partial charge in [0.15, 0.2) is 0 Å². The third kappa shape index (κ3) is 3.38. The predicted molar refractivity (Wildman–Crippen MR) is 92.6 cm³/mol. The lowest BCUT2D eigenvalue weighted by Crippen LogP contribution is -2.41. The number of nitrogens with one attached hydrogen (secondary N) is 1. The second kappa shape index (κ2) is 6.33. The van der Waals surface area contributed by atoms with Crippen molar-refractivity contribution < 1.29 is 0 Å². The topological polar surface area (TPSA) is 12.0 Å². The molecule has 0 amide bonds. The van der Waals surface area contributed by atoms with Crippen LogP contribution >= 0.6 is 15.9 Å². The zero-order valence-electron chi connectivity index (χ0n) is 12.6. The van der Waals surface area contributed by atoms with Crippen LogP contribution in [0.2, 0.25) is 0 Å². The summed E-state index contributed by atoms with van der Waals surface area (Å²) in [5.41, 5.74) is 4.18. The highest BCUT2D eigenvalue weighted by atomic mass is 79.9. The van der Waals surface area contributed by atoms with Crippen molar-refractivity contribution in [3.63, 3.8) is 0 Å². The van der Waals surface area contributed by atoms with Crippen LogP contribution in [0, 0.1) is 6.92 Å². The Morgan fingerprint density at radius 2 is 1.71 bits per heavy atom. The van der Waals surface area contributed by atoms with Gasteiger partial charge in [0.25, 0.3) is 0 Å². The second-order valence-electron chi connectivity index (χ2n) is 6.19. The van der Waals surface area contributed by atoms with E-state index in [-0.39, 0.29) is 0 Å². The maximum atomic E-state index is 3.75. The molecule has 1 atom stereocenters. The first-order valence-corrected chi connectivity index (χ1v) is 8.50. The van der Waals surface area contributed by atoms with Gasteiger partial charge >= 0.3 is 0 Å². The molecule has 0 heterocycles. The van der Waals surface area contributed by atoms with Crippen molar-refractivity contribution >= 4 is 15.9 Å². The van der Waals surface area contributed by atoms with Crippen molar-refractivity contribution in [3.8, 4) is 0 Å². The number of halogens is 1. The molecule has 0 radical (unpaired) electrons. The first-order chi connectivity index (χ1) is 10.1. The molecule has 0 aliphatic heterocycles. The first kappa shape index (κ1) is 14.8. The Bertz CT molecular complexity index is 599. The first-order valence-electron chi connectivity index (χ1n) is 7.70. The molecule has 1 N–H and O–H groups in total. The van der Waals surface area contributed by atoms with Gasteiger partial charge in [-0.15, -0.1) is 0 Å². The van der Waals surface area contributed by atoms with Gasteiger partial charge in [-0.3, -0.25) is 0 Å². The SMILES string of the molecule is Cc1ccc(C2CC(NC(C)c3ccccc3Br)C2)cc1. The normalized spacial score (nSPS) is 22.6. The monoisotopic (exact) mass is 343 g/mol. The quantitative estimate of drug-likeness (QED) is 0.788. The number of hydrogen-bond acceptors (Lipinski definition) is 1. The molecular weight excluding hydrogens is 322 g/mol. The number of aryl methyl sites for hydroxylation is 1. The minimum Gasteiger partial charge on any atom is -0.307 e. The lowest BCUT2D eigenvalue weighted by atomic mass is 9.75. The van der Waals surface area contributed by atoms with Crippen LogP contribution in [0.25, 0.3) is 0 Å². The van der Waals surface area contributed by atoms with E-state index in [4.69, 9.17) is 0 Å². The fraction of sp³-hybridized carbons (Fsp3) is 0.368. The summed E-state index contributed by atoms with van der Waals surface area (Å²) in [6.45, 7) is 4.40. The van der Waals surface area contributed by atoms with E-state index < -0.39 is 0 Å². The van der Waals surface area contributed by atoms with Gasteiger partial charge in [0.1, 0.15) is 0 Å². The fourth-order valence-corrected chi connectivity index (χ4v) is 3.76. The maximum Gasteiger partial charge on any atom is 0.0305 e. The maximum absolute atomic E-state index is 3.75.